The maximum atomic E-state index is 11.3. The third kappa shape index (κ3) is 11.0. The standard InChI is InChI=1S/C11H23N3O3/c1-9(4-5-10(15)16)8-13-11(17)12-6-7-14(2)3/h9H,4-8H2,1-3H3,(H,15,16)(H2,12,13,17). The van der Waals surface area contributed by atoms with E-state index in [1.165, 1.54) is 0 Å². The average Bonchev–Trinajstić information content (AvgIpc) is 2.23. The molecule has 0 aliphatic rings. The fraction of sp³-hybridized carbons (Fsp3) is 0.818. The van der Waals surface area contributed by atoms with Crippen molar-refractivity contribution in [3.63, 3.8) is 0 Å². The molecule has 0 saturated heterocycles. The number of nitrogens with one attached hydrogen (secondary N) is 2. The quantitative estimate of drug-likeness (QED) is 0.576. The van der Waals surface area contributed by atoms with Gasteiger partial charge in [-0.05, 0) is 26.4 Å². The predicted molar refractivity (Wildman–Crippen MR) is 66.0 cm³/mol. The molecule has 17 heavy (non-hydrogen) atoms. The van der Waals surface area contributed by atoms with Gasteiger partial charge in [-0.25, -0.2) is 4.79 Å². The van der Waals surface area contributed by atoms with Crippen LogP contribution in [0.4, 0.5) is 4.79 Å². The number of urea groups is 1. The van der Waals surface area contributed by atoms with Crippen LogP contribution in [0.1, 0.15) is 19.8 Å². The summed E-state index contributed by atoms with van der Waals surface area (Å²) in [6, 6.07) is -0.200. The highest BCUT2D eigenvalue weighted by Gasteiger charge is 2.07. The van der Waals surface area contributed by atoms with E-state index in [9.17, 15) is 9.59 Å². The largest absolute Gasteiger partial charge is 0.481 e. The lowest BCUT2D eigenvalue weighted by molar-refractivity contribution is -0.137. The lowest BCUT2D eigenvalue weighted by Gasteiger charge is -2.13. The van der Waals surface area contributed by atoms with Gasteiger partial charge >= 0.3 is 12.0 Å². The first-order chi connectivity index (χ1) is 7.91. The number of carboxylic acids is 1. The number of carbonyl (C=O) groups excluding carboxylic acids is 1. The second-order valence-electron chi connectivity index (χ2n) is 4.48. The smallest absolute Gasteiger partial charge is 0.314 e. The number of aliphatic carboxylic acids is 1. The van der Waals surface area contributed by atoms with Gasteiger partial charge in [0.15, 0.2) is 0 Å². The van der Waals surface area contributed by atoms with Crippen molar-refractivity contribution in [2.24, 2.45) is 5.92 Å². The van der Waals surface area contributed by atoms with Gasteiger partial charge in [0.05, 0.1) is 0 Å². The van der Waals surface area contributed by atoms with Crippen molar-refractivity contribution in [3.05, 3.63) is 0 Å². The molecule has 0 bridgehead atoms. The Morgan fingerprint density at radius 1 is 1.29 bits per heavy atom. The zero-order valence-corrected chi connectivity index (χ0v) is 10.8. The summed E-state index contributed by atoms with van der Waals surface area (Å²) in [7, 11) is 3.88. The number of amides is 2. The molecule has 0 aromatic rings. The highest BCUT2D eigenvalue weighted by atomic mass is 16.4. The molecule has 0 aromatic carbocycles. The molecule has 0 heterocycles. The summed E-state index contributed by atoms with van der Waals surface area (Å²) in [5, 5.41) is 13.9. The number of rotatable bonds is 8. The van der Waals surface area contributed by atoms with E-state index in [0.717, 1.165) is 6.54 Å². The van der Waals surface area contributed by atoms with Crippen molar-refractivity contribution in [1.82, 2.24) is 15.5 Å². The SMILES string of the molecule is CC(CCC(=O)O)CNC(=O)NCCN(C)C. The first kappa shape index (κ1) is 15.7. The summed E-state index contributed by atoms with van der Waals surface area (Å²) in [4.78, 5) is 23.6. The fourth-order valence-corrected chi connectivity index (χ4v) is 1.19. The molecule has 6 nitrogen and oxygen atoms in total. The Kier molecular flexibility index (Phi) is 8.13. The van der Waals surface area contributed by atoms with Crippen LogP contribution in [0, 0.1) is 5.92 Å². The van der Waals surface area contributed by atoms with Crippen molar-refractivity contribution >= 4 is 12.0 Å². The minimum absolute atomic E-state index is 0.144. The number of carbonyl (C=O) groups is 2. The first-order valence-corrected chi connectivity index (χ1v) is 5.80. The van der Waals surface area contributed by atoms with E-state index < -0.39 is 5.97 Å². The van der Waals surface area contributed by atoms with Gasteiger partial charge in [-0.3, -0.25) is 4.79 Å². The normalized spacial score (nSPS) is 12.2. The van der Waals surface area contributed by atoms with Crippen LogP contribution < -0.4 is 10.6 Å². The van der Waals surface area contributed by atoms with Crippen LogP contribution in [0.25, 0.3) is 0 Å². The van der Waals surface area contributed by atoms with E-state index in [4.69, 9.17) is 5.11 Å². The molecule has 2 amide bonds. The molecule has 0 rings (SSSR count). The second kappa shape index (κ2) is 8.81. The van der Waals surface area contributed by atoms with Crippen LogP contribution in [0.2, 0.25) is 0 Å². The molecule has 0 aliphatic heterocycles. The Balaban J connectivity index is 3.52. The number of nitrogens with zero attached hydrogens (tertiary/aromatic N) is 1. The molecule has 100 valence electrons. The van der Waals surface area contributed by atoms with Gasteiger partial charge in [-0.15, -0.1) is 0 Å². The van der Waals surface area contributed by atoms with Crippen LogP contribution in [0.15, 0.2) is 0 Å². The van der Waals surface area contributed by atoms with Gasteiger partial charge < -0.3 is 20.6 Å². The van der Waals surface area contributed by atoms with E-state index in [0.29, 0.717) is 19.5 Å². The minimum Gasteiger partial charge on any atom is -0.481 e. The van der Waals surface area contributed by atoms with Crippen molar-refractivity contribution in [2.45, 2.75) is 19.8 Å². The number of hydrogen-bond donors (Lipinski definition) is 3. The summed E-state index contributed by atoms with van der Waals surface area (Å²) >= 11 is 0. The van der Waals surface area contributed by atoms with Gasteiger partial charge in [0.1, 0.15) is 0 Å². The van der Waals surface area contributed by atoms with Crippen LogP contribution >= 0.6 is 0 Å². The number of likely N-dealkylation sites (N-methyl/N-ethyl adjacent to an activating group) is 1. The lowest BCUT2D eigenvalue weighted by Crippen LogP contribution is -2.40. The van der Waals surface area contributed by atoms with Crippen LogP contribution in [0.3, 0.4) is 0 Å². The summed E-state index contributed by atoms with van der Waals surface area (Å²) in [6.07, 6.45) is 0.721. The summed E-state index contributed by atoms with van der Waals surface area (Å²) in [5.41, 5.74) is 0. The first-order valence-electron chi connectivity index (χ1n) is 5.80. The summed E-state index contributed by atoms with van der Waals surface area (Å²) < 4.78 is 0. The zero-order chi connectivity index (χ0) is 13.3. The van der Waals surface area contributed by atoms with E-state index >= 15 is 0 Å². The van der Waals surface area contributed by atoms with Gasteiger partial charge in [0.25, 0.3) is 0 Å². The van der Waals surface area contributed by atoms with E-state index in [-0.39, 0.29) is 18.4 Å². The molecule has 0 fully saturated rings. The summed E-state index contributed by atoms with van der Waals surface area (Å²) in [6.45, 7) is 3.81. The Morgan fingerprint density at radius 3 is 2.47 bits per heavy atom. The van der Waals surface area contributed by atoms with Gasteiger partial charge in [-0.1, -0.05) is 6.92 Å². The van der Waals surface area contributed by atoms with Crippen LogP contribution in [0.5, 0.6) is 0 Å². The monoisotopic (exact) mass is 245 g/mol. The average molecular weight is 245 g/mol. The van der Waals surface area contributed by atoms with Crippen molar-refractivity contribution in [2.75, 3.05) is 33.7 Å². The topological polar surface area (TPSA) is 81.7 Å². The van der Waals surface area contributed by atoms with Crippen molar-refractivity contribution < 1.29 is 14.7 Å². The van der Waals surface area contributed by atoms with Gasteiger partial charge in [0, 0.05) is 26.1 Å². The Labute approximate surface area is 102 Å². The Morgan fingerprint density at radius 2 is 1.94 bits per heavy atom. The fourth-order valence-electron chi connectivity index (χ4n) is 1.19. The highest BCUT2D eigenvalue weighted by Crippen LogP contribution is 2.03. The molecule has 0 radical (unpaired) electrons. The van der Waals surface area contributed by atoms with Crippen molar-refractivity contribution in [1.29, 1.82) is 0 Å². The Hall–Kier alpha value is -1.30. The third-order valence-electron chi connectivity index (χ3n) is 2.31. The van der Waals surface area contributed by atoms with E-state index in [1.54, 1.807) is 0 Å². The lowest BCUT2D eigenvalue weighted by atomic mass is 10.1. The molecule has 0 spiro atoms. The minimum atomic E-state index is -0.799. The maximum Gasteiger partial charge on any atom is 0.314 e. The number of carboxylic acid groups (broad SMARTS) is 1. The molecular weight excluding hydrogens is 222 g/mol. The van der Waals surface area contributed by atoms with Crippen LogP contribution in [-0.4, -0.2) is 55.7 Å². The zero-order valence-electron chi connectivity index (χ0n) is 10.8. The molecular formula is C11H23N3O3. The van der Waals surface area contributed by atoms with Gasteiger partial charge in [0.2, 0.25) is 0 Å². The molecule has 0 saturated carbocycles. The highest BCUT2D eigenvalue weighted by molar-refractivity contribution is 5.73. The number of hydrogen-bond acceptors (Lipinski definition) is 3. The Bertz CT molecular complexity index is 244. The van der Waals surface area contributed by atoms with Crippen molar-refractivity contribution in [3.8, 4) is 0 Å². The van der Waals surface area contributed by atoms with E-state index in [2.05, 4.69) is 10.6 Å². The molecule has 0 aromatic heterocycles. The summed E-state index contributed by atoms with van der Waals surface area (Å²) in [5.74, 6) is -0.627. The van der Waals surface area contributed by atoms with E-state index in [1.807, 2.05) is 25.9 Å². The predicted octanol–water partition coefficient (Wildman–Crippen LogP) is 0.348. The molecule has 3 N–H and O–H groups in total. The maximum absolute atomic E-state index is 11.3. The molecule has 6 heteroatoms. The van der Waals surface area contributed by atoms with Gasteiger partial charge in [-0.2, -0.15) is 0 Å². The molecule has 0 aliphatic carbocycles. The van der Waals surface area contributed by atoms with Crippen LogP contribution in [-0.2, 0) is 4.79 Å². The third-order valence-corrected chi connectivity index (χ3v) is 2.31. The molecule has 1 unspecified atom stereocenters. The second-order valence-corrected chi connectivity index (χ2v) is 4.48. The molecule has 1 atom stereocenters.